The monoisotopic (exact) mass is 552 g/mol. The van der Waals surface area contributed by atoms with Gasteiger partial charge in [-0.05, 0) is 86.6 Å². The number of aryl methyl sites for hydroxylation is 1. The fourth-order valence-corrected chi connectivity index (χ4v) is 7.64. The van der Waals surface area contributed by atoms with Gasteiger partial charge in [-0.25, -0.2) is 4.79 Å². The lowest BCUT2D eigenvalue weighted by atomic mass is 9.90. The van der Waals surface area contributed by atoms with Gasteiger partial charge in [0.05, 0.1) is 22.5 Å². The average Bonchev–Trinajstić information content (AvgIpc) is 3.71. The van der Waals surface area contributed by atoms with Gasteiger partial charge in [0, 0.05) is 29.7 Å². The van der Waals surface area contributed by atoms with Gasteiger partial charge in [-0.2, -0.15) is 0 Å². The lowest BCUT2D eigenvalue weighted by Gasteiger charge is -2.38. The normalized spacial score (nSPS) is 18.4. The topological polar surface area (TPSA) is 74.9 Å². The molecule has 0 amide bonds. The van der Waals surface area contributed by atoms with E-state index in [1.807, 2.05) is 35.0 Å². The Balaban J connectivity index is 1.17. The van der Waals surface area contributed by atoms with E-state index in [1.165, 1.54) is 39.1 Å². The van der Waals surface area contributed by atoms with E-state index in [0.717, 1.165) is 54.8 Å². The van der Waals surface area contributed by atoms with Crippen molar-refractivity contribution in [2.45, 2.75) is 62.8 Å². The molecule has 38 heavy (non-hydrogen) atoms. The largest absolute Gasteiger partial charge is 0.479 e. The number of aromatic nitrogens is 1. The quantitative estimate of drug-likeness (QED) is 0.226. The van der Waals surface area contributed by atoms with Crippen LogP contribution >= 0.6 is 22.7 Å². The summed E-state index contributed by atoms with van der Waals surface area (Å²) in [6.45, 7) is 1.77. The van der Waals surface area contributed by atoms with Crippen molar-refractivity contribution in [3.05, 3.63) is 80.8 Å². The molecule has 6 nitrogen and oxygen atoms in total. The van der Waals surface area contributed by atoms with Gasteiger partial charge >= 0.3 is 5.97 Å². The molecule has 8 heteroatoms. The van der Waals surface area contributed by atoms with Crippen LogP contribution in [0.15, 0.2) is 65.5 Å². The van der Waals surface area contributed by atoms with Crippen molar-refractivity contribution in [2.24, 2.45) is 0 Å². The first-order valence-corrected chi connectivity index (χ1v) is 15.2. The molecule has 4 aromatic rings. The molecular formula is C30H36N2O4S2. The number of aliphatic carboxylic acids is 1. The van der Waals surface area contributed by atoms with Crippen LogP contribution in [0.2, 0.25) is 0 Å². The third-order valence-electron chi connectivity index (χ3n) is 7.82. The Bertz CT molecular complexity index is 1270. The minimum Gasteiger partial charge on any atom is -0.479 e. The Morgan fingerprint density at radius 2 is 1.74 bits per heavy atom. The summed E-state index contributed by atoms with van der Waals surface area (Å²) in [6, 6.07) is 16.4. The first kappa shape index (κ1) is 27.1. The SMILES string of the molecule is CN(CCCc1cn(CCO)c2ccccc12)[C@H]1CC[C@H](OC(C(=O)O)(c2cccs2)c2cccs2)CC1. The summed E-state index contributed by atoms with van der Waals surface area (Å²) < 4.78 is 8.69. The summed E-state index contributed by atoms with van der Waals surface area (Å²) in [4.78, 5) is 16.6. The Morgan fingerprint density at radius 1 is 1.05 bits per heavy atom. The van der Waals surface area contributed by atoms with Crippen LogP contribution in [-0.2, 0) is 28.1 Å². The van der Waals surface area contributed by atoms with Gasteiger partial charge in [0.15, 0.2) is 0 Å². The number of carboxylic acid groups (broad SMARTS) is 1. The third-order valence-corrected chi connectivity index (χ3v) is 9.76. The van der Waals surface area contributed by atoms with Gasteiger partial charge in [-0.3, -0.25) is 0 Å². The van der Waals surface area contributed by atoms with Crippen LogP contribution in [0.3, 0.4) is 0 Å². The number of carbonyl (C=O) groups is 1. The van der Waals surface area contributed by atoms with E-state index >= 15 is 0 Å². The maximum Gasteiger partial charge on any atom is 0.347 e. The molecule has 5 rings (SSSR count). The van der Waals surface area contributed by atoms with E-state index in [4.69, 9.17) is 4.74 Å². The number of fused-ring (bicyclic) bond motifs is 1. The number of carboxylic acids is 1. The Hall–Kier alpha value is -2.49. The van der Waals surface area contributed by atoms with Crippen molar-refractivity contribution in [1.29, 1.82) is 0 Å². The van der Waals surface area contributed by atoms with E-state index in [0.29, 0.717) is 12.6 Å². The number of benzene rings is 1. The van der Waals surface area contributed by atoms with Gasteiger partial charge in [-0.1, -0.05) is 30.3 Å². The molecule has 0 atom stereocenters. The van der Waals surface area contributed by atoms with Gasteiger partial charge < -0.3 is 24.4 Å². The van der Waals surface area contributed by atoms with Gasteiger partial charge in [-0.15, -0.1) is 22.7 Å². The number of ether oxygens (including phenoxy) is 1. The molecule has 3 aromatic heterocycles. The molecule has 1 fully saturated rings. The molecule has 202 valence electrons. The van der Waals surface area contributed by atoms with Crippen molar-refractivity contribution in [2.75, 3.05) is 20.2 Å². The van der Waals surface area contributed by atoms with Gasteiger partial charge in [0.25, 0.3) is 0 Å². The van der Waals surface area contributed by atoms with E-state index in [-0.39, 0.29) is 12.7 Å². The fraction of sp³-hybridized carbons (Fsp3) is 0.433. The second-order valence-electron chi connectivity index (χ2n) is 10.2. The average molecular weight is 553 g/mol. The van der Waals surface area contributed by atoms with Gasteiger partial charge in [0.1, 0.15) is 0 Å². The van der Waals surface area contributed by atoms with Crippen molar-refractivity contribution in [3.8, 4) is 0 Å². The number of hydrogen-bond acceptors (Lipinski definition) is 6. The lowest BCUT2D eigenvalue weighted by Crippen LogP contribution is -2.44. The zero-order valence-electron chi connectivity index (χ0n) is 21.8. The molecule has 0 radical (unpaired) electrons. The van der Waals surface area contributed by atoms with Crippen molar-refractivity contribution < 1.29 is 19.7 Å². The summed E-state index contributed by atoms with van der Waals surface area (Å²) >= 11 is 2.88. The van der Waals surface area contributed by atoms with Crippen LogP contribution in [0.25, 0.3) is 10.9 Å². The van der Waals surface area contributed by atoms with E-state index in [9.17, 15) is 15.0 Å². The van der Waals surface area contributed by atoms with E-state index < -0.39 is 11.6 Å². The second-order valence-corrected chi connectivity index (χ2v) is 12.1. The van der Waals surface area contributed by atoms with E-state index in [1.54, 1.807) is 0 Å². The number of thiophene rings is 2. The highest BCUT2D eigenvalue weighted by atomic mass is 32.1. The first-order valence-electron chi connectivity index (χ1n) is 13.4. The number of aliphatic hydroxyl groups excluding tert-OH is 1. The summed E-state index contributed by atoms with van der Waals surface area (Å²) in [5.41, 5.74) is 1.10. The predicted octanol–water partition coefficient (Wildman–Crippen LogP) is 5.98. The number of hydrogen-bond donors (Lipinski definition) is 2. The molecular weight excluding hydrogens is 516 g/mol. The second kappa shape index (κ2) is 12.1. The fourth-order valence-electron chi connectivity index (χ4n) is 5.83. The van der Waals surface area contributed by atoms with Crippen LogP contribution < -0.4 is 0 Å². The third kappa shape index (κ3) is 5.46. The van der Waals surface area contributed by atoms with Crippen LogP contribution in [0.1, 0.15) is 47.4 Å². The molecule has 1 aliphatic carbocycles. The molecule has 0 bridgehead atoms. The van der Waals surface area contributed by atoms with Gasteiger partial charge in [0.2, 0.25) is 5.60 Å². The molecule has 0 aliphatic heterocycles. The Morgan fingerprint density at radius 3 is 2.34 bits per heavy atom. The molecule has 3 heterocycles. The van der Waals surface area contributed by atoms with Crippen molar-refractivity contribution in [3.63, 3.8) is 0 Å². The highest BCUT2D eigenvalue weighted by Gasteiger charge is 2.48. The summed E-state index contributed by atoms with van der Waals surface area (Å²) in [6.07, 6.45) is 7.90. The first-order chi connectivity index (χ1) is 18.5. The van der Waals surface area contributed by atoms with Crippen molar-refractivity contribution >= 4 is 39.5 Å². The number of para-hydroxylation sites is 1. The Kier molecular flexibility index (Phi) is 8.65. The number of aliphatic hydroxyl groups is 1. The Labute approximate surface area is 232 Å². The molecule has 0 saturated heterocycles. The highest BCUT2D eigenvalue weighted by Crippen LogP contribution is 2.42. The standard InChI is InChI=1S/C30H36N2O4S2/c1-31(16-4-7-22-21-32(17-18-33)26-9-3-2-8-25(22)26)23-12-14-24(15-13-23)36-30(29(34)35,27-10-5-19-37-27)28-11-6-20-38-28/h2-3,5-6,8-11,19-21,23-24,33H,4,7,12-18H2,1H3,(H,34,35)/t23-,24-. The van der Waals surface area contributed by atoms with Crippen LogP contribution in [0.5, 0.6) is 0 Å². The molecule has 2 N–H and O–H groups in total. The maximum atomic E-state index is 12.7. The molecule has 1 aliphatic rings. The summed E-state index contributed by atoms with van der Waals surface area (Å²) in [5, 5.41) is 24.9. The minimum absolute atomic E-state index is 0.0856. The number of rotatable bonds is 12. The maximum absolute atomic E-state index is 12.7. The molecule has 1 aromatic carbocycles. The van der Waals surface area contributed by atoms with Crippen molar-refractivity contribution in [1.82, 2.24) is 9.47 Å². The summed E-state index contributed by atoms with van der Waals surface area (Å²) in [5.74, 6) is -0.943. The smallest absolute Gasteiger partial charge is 0.347 e. The summed E-state index contributed by atoms with van der Waals surface area (Å²) in [7, 11) is 2.21. The lowest BCUT2D eigenvalue weighted by molar-refractivity contribution is -0.170. The van der Waals surface area contributed by atoms with E-state index in [2.05, 4.69) is 47.0 Å². The number of nitrogens with zero attached hydrogens (tertiary/aromatic N) is 2. The van der Waals surface area contributed by atoms with Crippen LogP contribution in [0.4, 0.5) is 0 Å². The zero-order chi connectivity index (χ0) is 26.5. The molecule has 0 spiro atoms. The minimum atomic E-state index is -1.43. The zero-order valence-corrected chi connectivity index (χ0v) is 23.4. The highest BCUT2D eigenvalue weighted by molar-refractivity contribution is 7.12. The van der Waals surface area contributed by atoms with Crippen LogP contribution in [0, 0.1) is 0 Å². The predicted molar refractivity (Wildman–Crippen MR) is 154 cm³/mol. The van der Waals surface area contributed by atoms with Crippen LogP contribution in [-0.4, -0.2) is 58.0 Å². The molecule has 1 saturated carbocycles. The molecule has 0 unspecified atom stereocenters.